The van der Waals surface area contributed by atoms with Crippen molar-refractivity contribution in [2.24, 2.45) is 0 Å². The lowest BCUT2D eigenvalue weighted by atomic mass is 10.1. The summed E-state index contributed by atoms with van der Waals surface area (Å²) in [6.45, 7) is 2.42. The number of nitrogens with one attached hydrogen (secondary N) is 1. The molecule has 0 aromatic heterocycles. The van der Waals surface area contributed by atoms with Crippen molar-refractivity contribution >= 4 is 43.7 Å². The summed E-state index contributed by atoms with van der Waals surface area (Å²) in [7, 11) is -3.84. The molecule has 0 bridgehead atoms. The smallest absolute Gasteiger partial charge is 0.252 e. The Hall–Kier alpha value is -0.950. The zero-order chi connectivity index (χ0) is 18.2. The van der Waals surface area contributed by atoms with E-state index < -0.39 is 20.5 Å². The van der Waals surface area contributed by atoms with Gasteiger partial charge in [-0.05, 0) is 47.8 Å². The van der Waals surface area contributed by atoms with E-state index in [1.54, 1.807) is 0 Å². The van der Waals surface area contributed by atoms with Crippen molar-refractivity contribution in [1.29, 1.82) is 0 Å². The summed E-state index contributed by atoms with van der Waals surface area (Å²) in [4.78, 5) is 22.4. The van der Waals surface area contributed by atoms with Gasteiger partial charge >= 0.3 is 0 Å². The Morgan fingerprint density at radius 3 is 1.92 bits per heavy atom. The van der Waals surface area contributed by atoms with Crippen LogP contribution in [0.25, 0.3) is 0 Å². The molecule has 0 atom stereocenters. The van der Waals surface area contributed by atoms with E-state index in [1.807, 2.05) is 0 Å². The molecule has 1 N–H and O–H groups in total. The minimum absolute atomic E-state index is 0.0943. The average Bonchev–Trinajstić information content (AvgIpc) is 2.53. The number of benzene rings is 1. The van der Waals surface area contributed by atoms with E-state index in [2.05, 4.69) is 11.6 Å². The van der Waals surface area contributed by atoms with Gasteiger partial charge in [-0.1, -0.05) is 39.0 Å². The van der Waals surface area contributed by atoms with Gasteiger partial charge in [0.25, 0.3) is 10.5 Å². The van der Waals surface area contributed by atoms with Gasteiger partial charge in [-0.3, -0.25) is 9.59 Å². The molecule has 0 aliphatic carbocycles. The first-order valence-electron chi connectivity index (χ1n) is 7.82. The molecular weight excluding hydrogens is 373 g/mol. The van der Waals surface area contributed by atoms with Gasteiger partial charge in [-0.25, -0.2) is 13.1 Å². The van der Waals surface area contributed by atoms with Crippen LogP contribution in [0.3, 0.4) is 0 Å². The Balaban J connectivity index is 2.75. The van der Waals surface area contributed by atoms with Gasteiger partial charge in [0, 0.05) is 17.7 Å². The predicted octanol–water partition coefficient (Wildman–Crippen LogP) is 4.08. The molecule has 1 aromatic carbocycles. The highest BCUT2D eigenvalue weighted by atomic mass is 35.5. The molecule has 0 aliphatic heterocycles. The minimum atomic E-state index is -3.84. The molecule has 0 radical (unpaired) electrons. The highest BCUT2D eigenvalue weighted by Gasteiger charge is 2.19. The average molecular weight is 394 g/mol. The third kappa shape index (κ3) is 6.89. The molecule has 0 saturated carbocycles. The van der Waals surface area contributed by atoms with Crippen LogP contribution in [-0.2, 0) is 10.0 Å². The second-order valence-corrected chi connectivity index (χ2v) is 7.91. The van der Waals surface area contributed by atoms with Gasteiger partial charge in [-0.2, -0.15) is 0 Å². The van der Waals surface area contributed by atoms with E-state index >= 15 is 0 Å². The van der Waals surface area contributed by atoms with Crippen molar-refractivity contribution < 1.29 is 18.0 Å². The largest absolute Gasteiger partial charge is 0.276 e. The fourth-order valence-electron chi connectivity index (χ4n) is 2.18. The van der Waals surface area contributed by atoms with Crippen LogP contribution >= 0.6 is 23.2 Å². The first-order valence-corrected chi connectivity index (χ1v) is 10.1. The van der Waals surface area contributed by atoms with Crippen LogP contribution in [0, 0.1) is 0 Å². The fraction of sp³-hybridized carbons (Fsp3) is 0.500. The third-order valence-electron chi connectivity index (χ3n) is 3.49. The normalized spacial score (nSPS) is 11.5. The van der Waals surface area contributed by atoms with Crippen LogP contribution < -0.4 is 4.72 Å². The van der Waals surface area contributed by atoms with E-state index in [0.29, 0.717) is 0 Å². The van der Waals surface area contributed by atoms with Gasteiger partial charge in [0.15, 0.2) is 0 Å². The Bertz CT molecular complexity index is 657. The molecule has 24 heavy (non-hydrogen) atoms. The topological polar surface area (TPSA) is 80.3 Å². The van der Waals surface area contributed by atoms with Crippen molar-refractivity contribution in [2.75, 3.05) is 6.54 Å². The van der Waals surface area contributed by atoms with Crippen molar-refractivity contribution in [2.45, 2.75) is 50.3 Å². The predicted molar refractivity (Wildman–Crippen MR) is 95.4 cm³/mol. The van der Waals surface area contributed by atoms with E-state index in [-0.39, 0.29) is 22.6 Å². The van der Waals surface area contributed by atoms with Gasteiger partial charge in [0.05, 0.1) is 4.90 Å². The first kappa shape index (κ1) is 21.1. The maximum Gasteiger partial charge on any atom is 0.252 e. The Morgan fingerprint density at radius 1 is 0.917 bits per heavy atom. The summed E-state index contributed by atoms with van der Waals surface area (Å²) >= 11 is 10.8. The van der Waals surface area contributed by atoms with Crippen molar-refractivity contribution in [3.05, 3.63) is 29.3 Å². The van der Waals surface area contributed by atoms with Gasteiger partial charge < -0.3 is 0 Å². The number of hydrogen-bond acceptors (Lipinski definition) is 4. The Kier molecular flexibility index (Phi) is 8.91. The summed E-state index contributed by atoms with van der Waals surface area (Å²) < 4.78 is 27.1. The van der Waals surface area contributed by atoms with Crippen LogP contribution in [0.5, 0.6) is 0 Å². The van der Waals surface area contributed by atoms with Crippen molar-refractivity contribution in [3.63, 3.8) is 0 Å². The second-order valence-electron chi connectivity index (χ2n) is 5.46. The molecule has 134 valence electrons. The number of unbranched alkanes of at least 4 members (excludes halogenated alkanes) is 5. The number of rotatable bonds is 11. The Morgan fingerprint density at radius 2 is 1.42 bits per heavy atom. The molecule has 0 heterocycles. The summed E-state index contributed by atoms with van der Waals surface area (Å²) in [5, 5.41) is -1.72. The highest BCUT2D eigenvalue weighted by molar-refractivity contribution is 7.89. The molecule has 0 aliphatic rings. The minimum Gasteiger partial charge on any atom is -0.276 e. The first-order chi connectivity index (χ1) is 11.3. The van der Waals surface area contributed by atoms with Gasteiger partial charge in [0.1, 0.15) is 0 Å². The van der Waals surface area contributed by atoms with Crippen LogP contribution in [0.1, 0.15) is 66.2 Å². The molecule has 0 saturated heterocycles. The van der Waals surface area contributed by atoms with Crippen LogP contribution in [0.2, 0.25) is 0 Å². The summed E-state index contributed by atoms with van der Waals surface area (Å²) in [6.07, 6.45) is 6.21. The molecule has 0 amide bonds. The van der Waals surface area contributed by atoms with Gasteiger partial charge in [-0.15, -0.1) is 0 Å². The third-order valence-corrected chi connectivity index (χ3v) is 5.37. The second kappa shape index (κ2) is 10.1. The number of sulfonamides is 1. The summed E-state index contributed by atoms with van der Waals surface area (Å²) in [5.41, 5.74) is -0.189. The van der Waals surface area contributed by atoms with Gasteiger partial charge in [0.2, 0.25) is 10.0 Å². The van der Waals surface area contributed by atoms with Crippen LogP contribution in [0.15, 0.2) is 23.1 Å². The number of carbonyl (C=O) groups excluding carboxylic acids is 2. The monoisotopic (exact) mass is 393 g/mol. The molecule has 0 unspecified atom stereocenters. The number of hydrogen-bond donors (Lipinski definition) is 1. The lowest BCUT2D eigenvalue weighted by Gasteiger charge is -2.09. The van der Waals surface area contributed by atoms with E-state index in [1.165, 1.54) is 6.42 Å². The lowest BCUT2D eigenvalue weighted by molar-refractivity contribution is 0.108. The molecule has 8 heteroatoms. The summed E-state index contributed by atoms with van der Waals surface area (Å²) in [6, 6.07) is 3.42. The Labute approximate surface area is 152 Å². The van der Waals surface area contributed by atoms with Crippen molar-refractivity contribution in [1.82, 2.24) is 4.72 Å². The van der Waals surface area contributed by atoms with E-state index in [9.17, 15) is 18.0 Å². The van der Waals surface area contributed by atoms with Crippen LogP contribution in [0.4, 0.5) is 0 Å². The highest BCUT2D eigenvalue weighted by Crippen LogP contribution is 2.18. The van der Waals surface area contributed by atoms with Crippen molar-refractivity contribution in [3.8, 4) is 0 Å². The molecule has 1 aromatic rings. The zero-order valence-electron chi connectivity index (χ0n) is 13.5. The fourth-order valence-corrected chi connectivity index (χ4v) is 3.54. The lowest BCUT2D eigenvalue weighted by Crippen LogP contribution is -2.25. The molecule has 5 nitrogen and oxygen atoms in total. The van der Waals surface area contributed by atoms with E-state index in [0.717, 1.165) is 50.3 Å². The SMILES string of the molecule is CCCCCCCCNS(=O)(=O)c1cc(C(=O)Cl)cc(C(=O)Cl)c1. The maximum absolute atomic E-state index is 12.3. The maximum atomic E-state index is 12.3. The molecular formula is C16H21Cl2NO4S. The number of carbonyl (C=O) groups is 2. The number of halogens is 2. The van der Waals surface area contributed by atoms with Crippen LogP contribution in [-0.4, -0.2) is 25.4 Å². The quantitative estimate of drug-likeness (QED) is 0.453. The standard InChI is InChI=1S/C16H21Cl2NO4S/c1-2-3-4-5-6-7-8-19-24(22,23)14-10-12(15(17)20)9-13(11-14)16(18)21/h9-11,19H,2-8H2,1H3. The molecule has 1 rings (SSSR count). The molecule has 0 spiro atoms. The summed E-state index contributed by atoms with van der Waals surface area (Å²) in [5.74, 6) is 0. The molecule has 0 fully saturated rings. The van der Waals surface area contributed by atoms with E-state index in [4.69, 9.17) is 23.2 Å². The zero-order valence-corrected chi connectivity index (χ0v) is 15.8.